The fourth-order valence-corrected chi connectivity index (χ4v) is 3.09. The minimum absolute atomic E-state index is 0.105. The fraction of sp³-hybridized carbons (Fsp3) is 0.211. The van der Waals surface area contributed by atoms with Crippen LogP contribution in [-0.2, 0) is 11.3 Å². The molecule has 6 nitrogen and oxygen atoms in total. The van der Waals surface area contributed by atoms with E-state index in [0.29, 0.717) is 30.6 Å². The van der Waals surface area contributed by atoms with Crippen LogP contribution in [0.4, 0.5) is 0 Å². The smallest absolute Gasteiger partial charge is 0.250 e. The van der Waals surface area contributed by atoms with Crippen LogP contribution in [0, 0.1) is 0 Å². The average molecular weight is 335 g/mol. The number of carbonyl (C=O) groups excluding carboxylic acids is 2. The second kappa shape index (κ2) is 6.05. The number of nitrogens with two attached hydrogens (primary N) is 1. The van der Waals surface area contributed by atoms with E-state index < -0.39 is 12.3 Å². The molecule has 1 aliphatic rings. The van der Waals surface area contributed by atoms with Gasteiger partial charge in [0.05, 0.1) is 11.3 Å². The first kappa shape index (κ1) is 14.2. The standard InChI is InChI=1S/C19H18N4O2/c20-19(25)16-4-1-3-14-12-23(21-18(14)16)15-8-6-13(7-9-15)11-22-10-2-5-17(22)24/h1,3-4,6-9,12H,2,5,10-11H2,(H2,20,25)/i5D. The van der Waals surface area contributed by atoms with Gasteiger partial charge in [0, 0.05) is 32.4 Å². The quantitative estimate of drug-likeness (QED) is 0.794. The van der Waals surface area contributed by atoms with Crippen molar-refractivity contribution >= 4 is 22.7 Å². The zero-order chi connectivity index (χ0) is 18.3. The molecular weight excluding hydrogens is 316 g/mol. The molecule has 2 heterocycles. The van der Waals surface area contributed by atoms with E-state index in [0.717, 1.165) is 16.6 Å². The van der Waals surface area contributed by atoms with Crippen molar-refractivity contribution < 1.29 is 11.0 Å². The summed E-state index contributed by atoms with van der Waals surface area (Å²) in [5.41, 5.74) is 8.25. The Kier molecular flexibility index (Phi) is 3.44. The van der Waals surface area contributed by atoms with Crippen LogP contribution in [0.25, 0.3) is 16.6 Å². The van der Waals surface area contributed by atoms with Gasteiger partial charge in [-0.25, -0.2) is 4.68 Å². The highest BCUT2D eigenvalue weighted by molar-refractivity contribution is 6.04. The van der Waals surface area contributed by atoms with Crippen LogP contribution in [0.1, 0.15) is 30.1 Å². The Labute approximate surface area is 146 Å². The van der Waals surface area contributed by atoms with Crippen LogP contribution in [0.2, 0.25) is 0 Å². The predicted octanol–water partition coefficient (Wildman–Crippen LogP) is 2.25. The fourth-order valence-electron chi connectivity index (χ4n) is 3.09. The van der Waals surface area contributed by atoms with Crippen molar-refractivity contribution in [3.05, 3.63) is 59.8 Å². The molecular formula is C19H18N4O2. The molecule has 1 aliphatic heterocycles. The highest BCUT2D eigenvalue weighted by Gasteiger charge is 2.19. The molecule has 4 rings (SSSR count). The van der Waals surface area contributed by atoms with Gasteiger partial charge in [-0.2, -0.15) is 5.10 Å². The summed E-state index contributed by atoms with van der Waals surface area (Å²) in [6.07, 6.45) is 1.83. The van der Waals surface area contributed by atoms with E-state index in [-0.39, 0.29) is 5.91 Å². The summed E-state index contributed by atoms with van der Waals surface area (Å²) >= 11 is 0. The summed E-state index contributed by atoms with van der Waals surface area (Å²) in [6.45, 7) is 1.15. The zero-order valence-electron chi connectivity index (χ0n) is 14.6. The molecule has 0 bridgehead atoms. The number of carbonyl (C=O) groups is 2. The Bertz CT molecular complexity index is 996. The predicted molar refractivity (Wildman–Crippen MR) is 94.2 cm³/mol. The van der Waals surface area contributed by atoms with Crippen molar-refractivity contribution in [1.29, 1.82) is 0 Å². The number of fused-ring (bicyclic) bond motifs is 1. The number of hydrogen-bond acceptors (Lipinski definition) is 3. The molecule has 126 valence electrons. The largest absolute Gasteiger partial charge is 0.366 e. The van der Waals surface area contributed by atoms with Crippen molar-refractivity contribution in [3.63, 3.8) is 0 Å². The second-order valence-electron chi connectivity index (χ2n) is 6.10. The lowest BCUT2D eigenvalue weighted by molar-refractivity contribution is -0.128. The van der Waals surface area contributed by atoms with E-state index in [1.165, 1.54) is 0 Å². The van der Waals surface area contributed by atoms with E-state index in [2.05, 4.69) is 5.10 Å². The van der Waals surface area contributed by atoms with E-state index in [1.807, 2.05) is 36.5 Å². The Morgan fingerprint density at radius 2 is 2.04 bits per heavy atom. The minimum Gasteiger partial charge on any atom is -0.366 e. The van der Waals surface area contributed by atoms with Crippen LogP contribution in [-0.4, -0.2) is 33.0 Å². The van der Waals surface area contributed by atoms with Crippen LogP contribution in [0.15, 0.2) is 48.7 Å². The summed E-state index contributed by atoms with van der Waals surface area (Å²) in [5.74, 6) is -0.606. The maximum atomic E-state index is 11.9. The van der Waals surface area contributed by atoms with Crippen LogP contribution in [0.5, 0.6) is 0 Å². The Morgan fingerprint density at radius 1 is 1.24 bits per heavy atom. The molecule has 0 radical (unpaired) electrons. The highest BCUT2D eigenvalue weighted by Crippen LogP contribution is 2.20. The van der Waals surface area contributed by atoms with Crippen molar-refractivity contribution in [2.24, 2.45) is 5.73 Å². The third-order valence-electron chi connectivity index (χ3n) is 4.41. The van der Waals surface area contributed by atoms with Gasteiger partial charge in [0.1, 0.15) is 5.52 Å². The lowest BCUT2D eigenvalue weighted by Gasteiger charge is -2.15. The van der Waals surface area contributed by atoms with E-state index in [9.17, 15) is 9.59 Å². The van der Waals surface area contributed by atoms with Gasteiger partial charge in [-0.1, -0.05) is 24.3 Å². The summed E-state index contributed by atoms with van der Waals surface area (Å²) in [5, 5.41) is 5.33. The summed E-state index contributed by atoms with van der Waals surface area (Å²) in [4.78, 5) is 25.1. The number of hydrogen-bond donors (Lipinski definition) is 1. The average Bonchev–Trinajstić information content (AvgIpc) is 3.20. The van der Waals surface area contributed by atoms with E-state index >= 15 is 0 Å². The molecule has 2 N–H and O–H groups in total. The maximum Gasteiger partial charge on any atom is 0.250 e. The second-order valence-corrected chi connectivity index (χ2v) is 6.10. The molecule has 1 saturated heterocycles. The Balaban J connectivity index is 1.59. The molecule has 0 spiro atoms. The Morgan fingerprint density at radius 3 is 2.72 bits per heavy atom. The third kappa shape index (κ3) is 2.87. The SMILES string of the molecule is [2H]C1CCN(Cc2ccc(-n3cc4cccc(C(N)=O)c4n3)cc2)C1=O. The van der Waals surface area contributed by atoms with Gasteiger partial charge < -0.3 is 10.6 Å². The molecule has 0 saturated carbocycles. The van der Waals surface area contributed by atoms with Gasteiger partial charge in [-0.15, -0.1) is 0 Å². The molecule has 2 amide bonds. The molecule has 3 aromatic rings. The number of aromatic nitrogens is 2. The summed E-state index contributed by atoms with van der Waals surface area (Å²) in [6, 6.07) is 13.1. The topological polar surface area (TPSA) is 81.2 Å². The Hall–Kier alpha value is -3.15. The van der Waals surface area contributed by atoms with Gasteiger partial charge in [-0.05, 0) is 30.2 Å². The van der Waals surface area contributed by atoms with Gasteiger partial charge in [-0.3, -0.25) is 9.59 Å². The molecule has 6 heteroatoms. The number of nitrogens with zero attached hydrogens (tertiary/aromatic N) is 3. The van der Waals surface area contributed by atoms with Crippen molar-refractivity contribution in [2.75, 3.05) is 6.54 Å². The monoisotopic (exact) mass is 335 g/mol. The molecule has 1 unspecified atom stereocenters. The van der Waals surface area contributed by atoms with Crippen molar-refractivity contribution in [3.8, 4) is 5.69 Å². The van der Waals surface area contributed by atoms with Gasteiger partial charge in [0.25, 0.3) is 5.91 Å². The number of primary amides is 1. The molecule has 0 aliphatic carbocycles. The lowest BCUT2D eigenvalue weighted by Crippen LogP contribution is -2.23. The first-order valence-electron chi connectivity index (χ1n) is 8.69. The number of likely N-dealkylation sites (tertiary alicyclic amines) is 1. The number of rotatable bonds is 4. The highest BCUT2D eigenvalue weighted by atomic mass is 16.2. The van der Waals surface area contributed by atoms with Crippen LogP contribution >= 0.6 is 0 Å². The van der Waals surface area contributed by atoms with Gasteiger partial charge in [0.2, 0.25) is 5.91 Å². The first-order chi connectivity index (χ1) is 12.5. The third-order valence-corrected chi connectivity index (χ3v) is 4.41. The van der Waals surface area contributed by atoms with Gasteiger partial charge >= 0.3 is 0 Å². The minimum atomic E-state index is -0.620. The number of amides is 2. The van der Waals surface area contributed by atoms with E-state index in [1.54, 1.807) is 21.7 Å². The molecule has 2 aromatic carbocycles. The number of benzene rings is 2. The normalized spacial score (nSPS) is 17.9. The van der Waals surface area contributed by atoms with Crippen LogP contribution in [0.3, 0.4) is 0 Å². The van der Waals surface area contributed by atoms with E-state index in [4.69, 9.17) is 7.10 Å². The molecule has 1 atom stereocenters. The lowest BCUT2D eigenvalue weighted by atomic mass is 10.1. The van der Waals surface area contributed by atoms with Crippen LogP contribution < -0.4 is 5.73 Å². The van der Waals surface area contributed by atoms with Crippen molar-refractivity contribution in [2.45, 2.75) is 19.4 Å². The molecule has 25 heavy (non-hydrogen) atoms. The molecule has 1 aromatic heterocycles. The first-order valence-corrected chi connectivity index (χ1v) is 8.11. The maximum absolute atomic E-state index is 11.9. The zero-order valence-corrected chi connectivity index (χ0v) is 13.6. The van der Waals surface area contributed by atoms with Crippen molar-refractivity contribution in [1.82, 2.24) is 14.7 Å². The summed E-state index contributed by atoms with van der Waals surface area (Å²) in [7, 11) is 0. The summed E-state index contributed by atoms with van der Waals surface area (Å²) < 4.78 is 9.36. The van der Waals surface area contributed by atoms with Gasteiger partial charge in [0.15, 0.2) is 0 Å². The molecule has 1 fully saturated rings.